The molecule has 3 nitrogen and oxygen atoms in total. The Morgan fingerprint density at radius 1 is 0.298 bits per heavy atom. The molecular formula is C54H37N3. The van der Waals surface area contributed by atoms with Crippen molar-refractivity contribution in [1.82, 2.24) is 13.7 Å². The predicted octanol–water partition coefficient (Wildman–Crippen LogP) is 14.5. The van der Waals surface area contributed by atoms with Crippen LogP contribution < -0.4 is 0 Å². The Bertz CT molecular complexity index is 3400. The molecule has 0 fully saturated rings. The second kappa shape index (κ2) is 12.6. The predicted molar refractivity (Wildman–Crippen MR) is 242 cm³/mol. The average molecular weight is 728 g/mol. The summed E-state index contributed by atoms with van der Waals surface area (Å²) >= 11 is 0. The van der Waals surface area contributed by atoms with Crippen molar-refractivity contribution in [2.75, 3.05) is 0 Å². The van der Waals surface area contributed by atoms with Gasteiger partial charge in [0, 0.05) is 49.4 Å². The molecule has 0 radical (unpaired) electrons. The highest BCUT2D eigenvalue weighted by molar-refractivity contribution is 6.13. The van der Waals surface area contributed by atoms with Gasteiger partial charge in [-0.2, -0.15) is 0 Å². The van der Waals surface area contributed by atoms with E-state index in [1.54, 1.807) is 0 Å². The molecule has 0 spiro atoms. The summed E-state index contributed by atoms with van der Waals surface area (Å²) in [6, 6.07) is 67.1. The largest absolute Gasteiger partial charge is 0.310 e. The molecule has 57 heavy (non-hydrogen) atoms. The number of benzene rings is 8. The van der Waals surface area contributed by atoms with Crippen LogP contribution in [0.15, 0.2) is 200 Å². The van der Waals surface area contributed by atoms with Crippen LogP contribution in [0.25, 0.3) is 105 Å². The number of para-hydroxylation sites is 5. The first-order valence-corrected chi connectivity index (χ1v) is 19.9. The van der Waals surface area contributed by atoms with Crippen LogP contribution in [0.5, 0.6) is 0 Å². The smallest absolute Gasteiger partial charge is 0.0541 e. The summed E-state index contributed by atoms with van der Waals surface area (Å²) in [6.45, 7) is 0. The van der Waals surface area contributed by atoms with Gasteiger partial charge in [0.2, 0.25) is 0 Å². The van der Waals surface area contributed by atoms with Crippen LogP contribution in [-0.4, -0.2) is 13.7 Å². The summed E-state index contributed by atoms with van der Waals surface area (Å²) in [5.41, 5.74) is 15.6. The van der Waals surface area contributed by atoms with Crippen LogP contribution in [0.3, 0.4) is 0 Å². The summed E-state index contributed by atoms with van der Waals surface area (Å²) in [5.74, 6) is 0. The number of hydrogen-bond donors (Lipinski definition) is 0. The van der Waals surface area contributed by atoms with Gasteiger partial charge >= 0.3 is 0 Å². The minimum Gasteiger partial charge on any atom is -0.310 e. The Morgan fingerprint density at radius 3 is 1.26 bits per heavy atom. The molecule has 1 aliphatic carbocycles. The van der Waals surface area contributed by atoms with Gasteiger partial charge in [0.25, 0.3) is 0 Å². The fraction of sp³-hybridized carbons (Fsp3) is 0.0370. The molecule has 0 aliphatic heterocycles. The van der Waals surface area contributed by atoms with E-state index in [9.17, 15) is 0 Å². The first-order chi connectivity index (χ1) is 28.3. The fourth-order valence-electron chi connectivity index (χ4n) is 9.48. The molecule has 0 saturated carbocycles. The summed E-state index contributed by atoms with van der Waals surface area (Å²) in [7, 11) is 0. The van der Waals surface area contributed by atoms with Gasteiger partial charge in [0.15, 0.2) is 0 Å². The highest BCUT2D eigenvalue weighted by atomic mass is 15.0. The molecular weight excluding hydrogens is 691 g/mol. The molecule has 3 aromatic heterocycles. The Hall–Kier alpha value is -7.36. The molecule has 0 atom stereocenters. The van der Waals surface area contributed by atoms with Crippen LogP contribution in [0, 0.1) is 0 Å². The monoisotopic (exact) mass is 727 g/mol. The highest BCUT2D eigenvalue weighted by Gasteiger charge is 2.19. The van der Waals surface area contributed by atoms with Crippen molar-refractivity contribution in [3.63, 3.8) is 0 Å². The molecule has 12 rings (SSSR count). The molecule has 1 aliphatic rings. The minimum atomic E-state index is 1.06. The Labute approximate surface area is 330 Å². The lowest BCUT2D eigenvalue weighted by atomic mass is 9.96. The van der Waals surface area contributed by atoms with Crippen molar-refractivity contribution in [1.29, 1.82) is 0 Å². The molecule has 0 N–H and O–H groups in total. The van der Waals surface area contributed by atoms with E-state index in [4.69, 9.17) is 0 Å². The van der Waals surface area contributed by atoms with E-state index in [0.717, 1.165) is 18.5 Å². The summed E-state index contributed by atoms with van der Waals surface area (Å²) < 4.78 is 7.27. The van der Waals surface area contributed by atoms with Gasteiger partial charge in [-0.3, -0.25) is 0 Å². The molecule has 3 heterocycles. The van der Waals surface area contributed by atoms with E-state index in [1.165, 1.54) is 99.1 Å². The first-order valence-electron chi connectivity index (χ1n) is 19.9. The van der Waals surface area contributed by atoms with Gasteiger partial charge in [-0.25, -0.2) is 0 Å². The van der Waals surface area contributed by atoms with E-state index in [-0.39, 0.29) is 0 Å². The Balaban J connectivity index is 1.12. The molecule has 0 unspecified atom stereocenters. The van der Waals surface area contributed by atoms with Crippen LogP contribution in [-0.2, 0) is 0 Å². The molecule has 8 aromatic carbocycles. The van der Waals surface area contributed by atoms with Gasteiger partial charge in [0.05, 0.1) is 33.1 Å². The van der Waals surface area contributed by atoms with E-state index < -0.39 is 0 Å². The topological polar surface area (TPSA) is 14.8 Å². The Kier molecular flexibility index (Phi) is 7.05. The van der Waals surface area contributed by atoms with E-state index >= 15 is 0 Å². The number of rotatable bonds is 5. The SMILES string of the molecule is C1=CC(n2c3ccccc3c3cc(-c4cc(-c5ccc6c(c5)c5ccccc5n6-c5ccccc5)cc(-n5c6ccccc6c6ccccc65)c4)ccc32)=CCC1. The maximum absolute atomic E-state index is 2.45. The second-order valence-electron chi connectivity index (χ2n) is 15.3. The normalized spacial score (nSPS) is 13.2. The number of hydrogen-bond acceptors (Lipinski definition) is 0. The van der Waals surface area contributed by atoms with Crippen molar-refractivity contribution >= 4 is 71.1 Å². The molecule has 0 bridgehead atoms. The van der Waals surface area contributed by atoms with Crippen molar-refractivity contribution in [3.05, 3.63) is 200 Å². The van der Waals surface area contributed by atoms with Gasteiger partial charge in [-0.1, -0.05) is 115 Å². The zero-order chi connectivity index (χ0) is 37.5. The Morgan fingerprint density at radius 2 is 0.737 bits per heavy atom. The standard InChI is InChI=1S/C54H37N3/c1-3-15-40(16-4-1)55-51-25-13-9-21-45(51)47-34-36(27-29-53(47)55)38-31-39(33-42(32-38)57-49-23-11-7-19-43(49)44-20-8-12-24-50(44)57)37-28-30-54-48(35-37)46-22-10-14-26-52(46)56(54)41-17-5-2-6-18-41/h1,3-5,7-35H,2,6H2. The van der Waals surface area contributed by atoms with E-state index in [1.807, 2.05) is 0 Å². The molecule has 268 valence electrons. The van der Waals surface area contributed by atoms with Crippen molar-refractivity contribution in [3.8, 4) is 33.6 Å². The van der Waals surface area contributed by atoms with E-state index in [0.29, 0.717) is 0 Å². The van der Waals surface area contributed by atoms with Crippen molar-refractivity contribution in [2.45, 2.75) is 12.8 Å². The lowest BCUT2D eigenvalue weighted by Crippen LogP contribution is -1.97. The first kappa shape index (κ1) is 31.9. The van der Waals surface area contributed by atoms with Gasteiger partial charge in [-0.15, -0.1) is 0 Å². The molecule has 3 heteroatoms. The maximum atomic E-state index is 2.45. The zero-order valence-electron chi connectivity index (χ0n) is 31.3. The molecule has 0 amide bonds. The van der Waals surface area contributed by atoms with E-state index in [2.05, 4.69) is 214 Å². The lowest BCUT2D eigenvalue weighted by Gasteiger charge is -2.15. The maximum Gasteiger partial charge on any atom is 0.0541 e. The van der Waals surface area contributed by atoms with Crippen molar-refractivity contribution < 1.29 is 0 Å². The number of nitrogens with zero attached hydrogens (tertiary/aromatic N) is 3. The third-order valence-corrected chi connectivity index (χ3v) is 12.0. The van der Waals surface area contributed by atoms with Crippen LogP contribution in [0.2, 0.25) is 0 Å². The van der Waals surface area contributed by atoms with Gasteiger partial charge in [-0.05, 0) is 120 Å². The second-order valence-corrected chi connectivity index (χ2v) is 15.3. The summed E-state index contributed by atoms with van der Waals surface area (Å²) in [6.07, 6.45) is 9.10. The average Bonchev–Trinajstić information content (AvgIpc) is 3.92. The number of aromatic nitrogens is 3. The molecule has 11 aromatic rings. The minimum absolute atomic E-state index is 1.06. The number of fused-ring (bicyclic) bond motifs is 9. The molecule has 0 saturated heterocycles. The van der Waals surface area contributed by atoms with Gasteiger partial charge in [0.1, 0.15) is 0 Å². The van der Waals surface area contributed by atoms with Crippen molar-refractivity contribution in [2.24, 2.45) is 0 Å². The highest BCUT2D eigenvalue weighted by Crippen LogP contribution is 2.41. The zero-order valence-corrected chi connectivity index (χ0v) is 31.3. The van der Waals surface area contributed by atoms with Crippen LogP contribution in [0.1, 0.15) is 12.8 Å². The third-order valence-electron chi connectivity index (χ3n) is 12.0. The van der Waals surface area contributed by atoms with Crippen LogP contribution >= 0.6 is 0 Å². The summed E-state index contributed by atoms with van der Waals surface area (Å²) in [4.78, 5) is 0. The van der Waals surface area contributed by atoms with Gasteiger partial charge < -0.3 is 13.7 Å². The fourth-order valence-corrected chi connectivity index (χ4v) is 9.48. The lowest BCUT2D eigenvalue weighted by molar-refractivity contribution is 1.02. The third kappa shape index (κ3) is 4.92. The van der Waals surface area contributed by atoms with Crippen LogP contribution in [0.4, 0.5) is 0 Å². The number of allylic oxidation sites excluding steroid dienone is 4. The quantitative estimate of drug-likeness (QED) is 0.168. The summed E-state index contributed by atoms with van der Waals surface area (Å²) in [5, 5.41) is 7.55.